The molecular formula is C19H22N6O2. The van der Waals surface area contributed by atoms with E-state index in [0.717, 1.165) is 37.3 Å². The van der Waals surface area contributed by atoms with Crippen LogP contribution in [-0.2, 0) is 17.9 Å². The molecule has 8 heteroatoms. The fourth-order valence-electron chi connectivity index (χ4n) is 3.34. The molecule has 4 rings (SSSR count). The van der Waals surface area contributed by atoms with Crippen molar-refractivity contribution in [2.75, 3.05) is 13.1 Å². The Labute approximate surface area is 157 Å². The maximum absolute atomic E-state index is 12.3. The predicted octanol–water partition coefficient (Wildman–Crippen LogP) is 1.72. The van der Waals surface area contributed by atoms with E-state index in [1.165, 1.54) is 0 Å². The van der Waals surface area contributed by atoms with Crippen LogP contribution in [0, 0.1) is 0 Å². The van der Waals surface area contributed by atoms with Crippen molar-refractivity contribution in [2.45, 2.75) is 31.8 Å². The maximum Gasteiger partial charge on any atom is 0.242 e. The van der Waals surface area contributed by atoms with Gasteiger partial charge in [0.05, 0.1) is 12.2 Å². The highest BCUT2D eigenvalue weighted by atomic mass is 16.5. The monoisotopic (exact) mass is 366 g/mol. The van der Waals surface area contributed by atoms with Crippen LogP contribution in [0.3, 0.4) is 0 Å². The molecule has 1 fully saturated rings. The lowest BCUT2D eigenvalue weighted by Crippen LogP contribution is -2.32. The van der Waals surface area contributed by atoms with E-state index in [-0.39, 0.29) is 19.0 Å². The average molecular weight is 366 g/mol. The number of rotatable bonds is 6. The largest absolute Gasteiger partial charge is 0.359 e. The molecule has 140 valence electrons. The zero-order valence-corrected chi connectivity index (χ0v) is 15.0. The van der Waals surface area contributed by atoms with E-state index in [0.29, 0.717) is 17.4 Å². The zero-order valence-electron chi connectivity index (χ0n) is 15.0. The molecule has 1 aliphatic heterocycles. The van der Waals surface area contributed by atoms with Gasteiger partial charge in [-0.15, -0.1) is 0 Å². The van der Waals surface area contributed by atoms with E-state index in [1.54, 1.807) is 23.1 Å². The number of carbonyl (C=O) groups is 1. The molecule has 8 nitrogen and oxygen atoms in total. The van der Waals surface area contributed by atoms with Crippen LogP contribution >= 0.6 is 0 Å². The van der Waals surface area contributed by atoms with Gasteiger partial charge >= 0.3 is 0 Å². The first-order chi connectivity index (χ1) is 13.3. The Bertz CT molecular complexity index is 883. The summed E-state index contributed by atoms with van der Waals surface area (Å²) in [5.74, 6) is 0.880. The number of nitrogens with one attached hydrogen (secondary N) is 2. The smallest absolute Gasteiger partial charge is 0.242 e. The second kappa shape index (κ2) is 8.13. The highest BCUT2D eigenvalue weighted by Crippen LogP contribution is 2.22. The quantitative estimate of drug-likeness (QED) is 0.689. The predicted molar refractivity (Wildman–Crippen MR) is 98.7 cm³/mol. The van der Waals surface area contributed by atoms with Gasteiger partial charge in [0.25, 0.3) is 0 Å². The molecule has 0 aliphatic carbocycles. The van der Waals surface area contributed by atoms with E-state index >= 15 is 0 Å². The Morgan fingerprint density at radius 1 is 1.30 bits per heavy atom. The van der Waals surface area contributed by atoms with Gasteiger partial charge in [0.2, 0.25) is 5.91 Å². The number of nitrogens with zero attached hydrogens (tertiary/aromatic N) is 4. The van der Waals surface area contributed by atoms with Gasteiger partial charge in [-0.25, -0.2) is 0 Å². The minimum Gasteiger partial charge on any atom is -0.359 e. The molecule has 1 atom stereocenters. The summed E-state index contributed by atoms with van der Waals surface area (Å²) >= 11 is 0. The highest BCUT2D eigenvalue weighted by molar-refractivity contribution is 5.75. The molecule has 0 aromatic carbocycles. The third-order valence-corrected chi connectivity index (χ3v) is 4.70. The summed E-state index contributed by atoms with van der Waals surface area (Å²) in [4.78, 5) is 16.6. The van der Waals surface area contributed by atoms with Gasteiger partial charge in [0, 0.05) is 36.6 Å². The first-order valence-electron chi connectivity index (χ1n) is 9.16. The lowest BCUT2D eigenvalue weighted by atomic mass is 9.96. The molecule has 3 aromatic rings. The van der Waals surface area contributed by atoms with Crippen molar-refractivity contribution in [3.05, 3.63) is 54.2 Å². The second-order valence-electron chi connectivity index (χ2n) is 6.63. The molecule has 1 amide bonds. The summed E-state index contributed by atoms with van der Waals surface area (Å²) < 4.78 is 7.07. The van der Waals surface area contributed by atoms with Gasteiger partial charge < -0.3 is 15.2 Å². The van der Waals surface area contributed by atoms with Gasteiger partial charge in [-0.3, -0.25) is 14.5 Å². The summed E-state index contributed by atoms with van der Waals surface area (Å²) in [6, 6.07) is 9.38. The normalized spacial score (nSPS) is 17.0. The van der Waals surface area contributed by atoms with Gasteiger partial charge in [-0.05, 0) is 37.6 Å². The van der Waals surface area contributed by atoms with Crippen molar-refractivity contribution in [1.82, 2.24) is 30.6 Å². The Kier molecular flexibility index (Phi) is 5.24. The SMILES string of the molecule is O=C(Cn1nccc1[C@@H]1CCCNC1)NCc1cc(-c2ccccn2)no1. The number of amides is 1. The summed E-state index contributed by atoms with van der Waals surface area (Å²) in [5, 5.41) is 14.6. The highest BCUT2D eigenvalue weighted by Gasteiger charge is 2.20. The van der Waals surface area contributed by atoms with E-state index in [2.05, 4.69) is 25.9 Å². The summed E-state index contributed by atoms with van der Waals surface area (Å²) in [7, 11) is 0. The van der Waals surface area contributed by atoms with E-state index in [1.807, 2.05) is 24.3 Å². The molecule has 1 saturated heterocycles. The van der Waals surface area contributed by atoms with Gasteiger partial charge in [0.15, 0.2) is 5.76 Å². The van der Waals surface area contributed by atoms with Crippen LogP contribution < -0.4 is 10.6 Å². The number of carbonyl (C=O) groups excluding carboxylic acids is 1. The van der Waals surface area contributed by atoms with E-state index < -0.39 is 0 Å². The Balaban J connectivity index is 1.33. The fraction of sp³-hybridized carbons (Fsp3) is 0.368. The summed E-state index contributed by atoms with van der Waals surface area (Å²) in [5.41, 5.74) is 2.49. The Morgan fingerprint density at radius 3 is 3.07 bits per heavy atom. The second-order valence-corrected chi connectivity index (χ2v) is 6.63. The van der Waals surface area contributed by atoms with Crippen LogP contribution in [0.1, 0.15) is 30.2 Å². The lowest BCUT2D eigenvalue weighted by Gasteiger charge is -2.23. The van der Waals surface area contributed by atoms with E-state index in [9.17, 15) is 4.79 Å². The maximum atomic E-state index is 12.3. The lowest BCUT2D eigenvalue weighted by molar-refractivity contribution is -0.122. The molecule has 0 spiro atoms. The molecule has 2 N–H and O–H groups in total. The van der Waals surface area contributed by atoms with Crippen molar-refractivity contribution in [1.29, 1.82) is 0 Å². The summed E-state index contributed by atoms with van der Waals surface area (Å²) in [6.45, 7) is 2.46. The molecule has 27 heavy (non-hydrogen) atoms. The van der Waals surface area contributed by atoms with Crippen molar-refractivity contribution < 1.29 is 9.32 Å². The molecule has 0 unspecified atom stereocenters. The van der Waals surface area contributed by atoms with Gasteiger partial charge in [0.1, 0.15) is 12.2 Å². The molecule has 3 aromatic heterocycles. The minimum absolute atomic E-state index is 0.112. The zero-order chi connectivity index (χ0) is 18.5. The van der Waals surface area contributed by atoms with Crippen LogP contribution in [0.5, 0.6) is 0 Å². The van der Waals surface area contributed by atoms with Crippen LogP contribution in [0.4, 0.5) is 0 Å². The van der Waals surface area contributed by atoms with Crippen LogP contribution in [0.15, 0.2) is 47.2 Å². The van der Waals surface area contributed by atoms with Crippen molar-refractivity contribution in [2.24, 2.45) is 0 Å². The third kappa shape index (κ3) is 4.22. The number of pyridine rings is 1. The minimum atomic E-state index is -0.112. The number of piperidine rings is 1. The van der Waals surface area contributed by atoms with Crippen LogP contribution in [-0.4, -0.2) is 38.9 Å². The molecule has 0 bridgehead atoms. The number of hydrogen-bond acceptors (Lipinski definition) is 6. The fourth-order valence-corrected chi connectivity index (χ4v) is 3.34. The molecule has 4 heterocycles. The van der Waals surface area contributed by atoms with Crippen molar-refractivity contribution in [3.8, 4) is 11.4 Å². The van der Waals surface area contributed by atoms with Crippen LogP contribution in [0.2, 0.25) is 0 Å². The van der Waals surface area contributed by atoms with Crippen molar-refractivity contribution >= 4 is 5.91 Å². The number of hydrogen-bond donors (Lipinski definition) is 2. The molecule has 0 saturated carbocycles. The molecule has 0 radical (unpaired) electrons. The van der Waals surface area contributed by atoms with Gasteiger partial charge in [-0.1, -0.05) is 11.2 Å². The van der Waals surface area contributed by atoms with Crippen LogP contribution in [0.25, 0.3) is 11.4 Å². The first kappa shape index (κ1) is 17.4. The first-order valence-corrected chi connectivity index (χ1v) is 9.16. The Morgan fingerprint density at radius 2 is 2.26 bits per heavy atom. The van der Waals surface area contributed by atoms with Crippen molar-refractivity contribution in [3.63, 3.8) is 0 Å². The van der Waals surface area contributed by atoms with E-state index in [4.69, 9.17) is 4.52 Å². The summed E-state index contributed by atoms with van der Waals surface area (Å²) in [6.07, 6.45) is 5.72. The molecular weight excluding hydrogens is 344 g/mol. The average Bonchev–Trinajstić information content (AvgIpc) is 3.37. The standard InChI is InChI=1S/C19H22N6O2/c26-19(13-25-18(6-9-23-25)14-4-3-7-20-11-14)22-12-15-10-17(24-27-15)16-5-1-2-8-21-16/h1-2,5-6,8-10,14,20H,3-4,7,11-13H2,(H,22,26)/t14-/m1/s1. The molecule has 1 aliphatic rings. The van der Waals surface area contributed by atoms with Gasteiger partial charge in [-0.2, -0.15) is 5.10 Å². The topological polar surface area (TPSA) is 97.9 Å². The Hall–Kier alpha value is -3.00. The third-order valence-electron chi connectivity index (χ3n) is 4.70. The number of aromatic nitrogens is 4.